The van der Waals surface area contributed by atoms with Crippen molar-refractivity contribution in [2.45, 2.75) is 39.0 Å². The molecule has 2 aromatic carbocycles. The standard InChI is InChI=1S/C31H30N2O6/c1-4-14-38-25-9-6-21(17-26(25)37-5-2)28-27(29(34)22-7-8-24-23(16-22)15-19(3)39-24)30(35)31(36)33(28)18-20-10-12-32-13-11-20/h4,6-13,16-17,19,28,34H,1,5,14-15,18H2,2-3H3/t19-,28+/m1/s1. The lowest BCUT2D eigenvalue weighted by atomic mass is 9.94. The van der Waals surface area contributed by atoms with Gasteiger partial charge in [-0.3, -0.25) is 14.6 Å². The van der Waals surface area contributed by atoms with Crippen molar-refractivity contribution in [1.29, 1.82) is 0 Å². The average molecular weight is 527 g/mol. The zero-order valence-electron chi connectivity index (χ0n) is 21.9. The maximum absolute atomic E-state index is 13.5. The van der Waals surface area contributed by atoms with Crippen molar-refractivity contribution in [3.05, 3.63) is 101 Å². The molecule has 0 spiro atoms. The lowest BCUT2D eigenvalue weighted by Gasteiger charge is -2.26. The van der Waals surface area contributed by atoms with E-state index in [9.17, 15) is 14.7 Å². The van der Waals surface area contributed by atoms with Gasteiger partial charge in [-0.1, -0.05) is 18.7 Å². The molecule has 3 aromatic rings. The van der Waals surface area contributed by atoms with Crippen LogP contribution in [0.15, 0.2) is 79.2 Å². The Hall–Kier alpha value is -4.59. The highest BCUT2D eigenvalue weighted by molar-refractivity contribution is 6.46. The van der Waals surface area contributed by atoms with Gasteiger partial charge in [-0.25, -0.2) is 0 Å². The number of nitrogens with zero attached hydrogens (tertiary/aromatic N) is 2. The quantitative estimate of drug-likeness (QED) is 0.182. The normalized spacial score (nSPS) is 19.5. The summed E-state index contributed by atoms with van der Waals surface area (Å²) in [6.45, 7) is 8.36. The van der Waals surface area contributed by atoms with Gasteiger partial charge in [0.05, 0.1) is 18.2 Å². The maximum Gasteiger partial charge on any atom is 0.295 e. The number of amides is 1. The molecule has 0 unspecified atom stereocenters. The van der Waals surface area contributed by atoms with E-state index in [0.717, 1.165) is 16.9 Å². The molecule has 5 rings (SSSR count). The van der Waals surface area contributed by atoms with E-state index in [-0.39, 0.29) is 24.0 Å². The summed E-state index contributed by atoms with van der Waals surface area (Å²) in [4.78, 5) is 32.4. The van der Waals surface area contributed by atoms with E-state index < -0.39 is 17.7 Å². The Labute approximate surface area is 227 Å². The van der Waals surface area contributed by atoms with Gasteiger partial charge in [0, 0.05) is 30.9 Å². The number of pyridine rings is 1. The number of fused-ring (bicyclic) bond motifs is 1. The van der Waals surface area contributed by atoms with E-state index in [2.05, 4.69) is 11.6 Å². The van der Waals surface area contributed by atoms with Crippen LogP contribution >= 0.6 is 0 Å². The molecule has 0 aliphatic carbocycles. The summed E-state index contributed by atoms with van der Waals surface area (Å²) < 4.78 is 17.4. The fourth-order valence-electron chi connectivity index (χ4n) is 5.03. The number of carbonyl (C=O) groups is 2. The van der Waals surface area contributed by atoms with Gasteiger partial charge >= 0.3 is 0 Å². The van der Waals surface area contributed by atoms with Gasteiger partial charge in [0.25, 0.3) is 11.7 Å². The first kappa shape index (κ1) is 26.0. The smallest absolute Gasteiger partial charge is 0.295 e. The van der Waals surface area contributed by atoms with Gasteiger partial charge in [0.2, 0.25) is 0 Å². The fourth-order valence-corrected chi connectivity index (χ4v) is 5.03. The van der Waals surface area contributed by atoms with Gasteiger partial charge in [-0.15, -0.1) is 0 Å². The zero-order valence-corrected chi connectivity index (χ0v) is 21.9. The predicted molar refractivity (Wildman–Crippen MR) is 146 cm³/mol. The van der Waals surface area contributed by atoms with E-state index in [1.807, 2.05) is 19.9 Å². The Kier molecular flexibility index (Phi) is 7.36. The SMILES string of the molecule is C=CCOc1ccc([C@H]2C(=C(O)c3ccc4c(c3)C[C@@H](C)O4)C(=O)C(=O)N2Cc2ccncc2)cc1OCC. The minimum atomic E-state index is -0.853. The third-order valence-corrected chi connectivity index (χ3v) is 6.75. The van der Waals surface area contributed by atoms with Crippen LogP contribution in [0.2, 0.25) is 0 Å². The minimum absolute atomic E-state index is 0.0168. The summed E-state index contributed by atoms with van der Waals surface area (Å²) >= 11 is 0. The van der Waals surface area contributed by atoms with Crippen molar-refractivity contribution < 1.29 is 28.9 Å². The molecule has 1 N–H and O–H groups in total. The second kappa shape index (κ2) is 11.0. The van der Waals surface area contributed by atoms with Crippen molar-refractivity contribution >= 4 is 17.4 Å². The molecule has 8 nitrogen and oxygen atoms in total. The fraction of sp³-hybridized carbons (Fsp3) is 0.258. The Morgan fingerprint density at radius 3 is 2.67 bits per heavy atom. The number of aliphatic hydroxyl groups excluding tert-OH is 1. The number of ether oxygens (including phenoxy) is 3. The van der Waals surface area contributed by atoms with Crippen molar-refractivity contribution in [3.8, 4) is 17.2 Å². The highest BCUT2D eigenvalue weighted by Crippen LogP contribution is 2.43. The number of likely N-dealkylation sites (tertiary alicyclic amines) is 1. The summed E-state index contributed by atoms with van der Waals surface area (Å²) in [6, 6.07) is 13.3. The van der Waals surface area contributed by atoms with Crippen LogP contribution in [0.1, 0.15) is 42.1 Å². The summed E-state index contributed by atoms with van der Waals surface area (Å²) in [5.41, 5.74) is 2.82. The molecule has 0 radical (unpaired) electrons. The van der Waals surface area contributed by atoms with Crippen LogP contribution in [0, 0.1) is 0 Å². The van der Waals surface area contributed by atoms with Crippen LogP contribution in [0.3, 0.4) is 0 Å². The van der Waals surface area contributed by atoms with Gasteiger partial charge in [-0.05, 0) is 73.0 Å². The highest BCUT2D eigenvalue weighted by Gasteiger charge is 2.46. The van der Waals surface area contributed by atoms with E-state index in [4.69, 9.17) is 14.2 Å². The third kappa shape index (κ3) is 5.10. The van der Waals surface area contributed by atoms with Gasteiger partial charge in [0.1, 0.15) is 24.2 Å². The first-order valence-corrected chi connectivity index (χ1v) is 12.9. The topological polar surface area (TPSA) is 98.2 Å². The second-order valence-corrected chi connectivity index (χ2v) is 9.48. The molecule has 0 saturated carbocycles. The maximum atomic E-state index is 13.5. The summed E-state index contributed by atoms with van der Waals surface area (Å²) in [7, 11) is 0. The van der Waals surface area contributed by atoms with Gasteiger partial charge in [0.15, 0.2) is 11.5 Å². The number of benzene rings is 2. The van der Waals surface area contributed by atoms with Crippen molar-refractivity contribution in [2.75, 3.05) is 13.2 Å². The van der Waals surface area contributed by atoms with E-state index in [1.165, 1.54) is 4.90 Å². The molecule has 3 heterocycles. The molecule has 2 aliphatic rings. The molecular formula is C31H30N2O6. The first-order chi connectivity index (χ1) is 18.9. The second-order valence-electron chi connectivity index (χ2n) is 9.48. The molecule has 1 aromatic heterocycles. The third-order valence-electron chi connectivity index (χ3n) is 6.75. The lowest BCUT2D eigenvalue weighted by molar-refractivity contribution is -0.140. The van der Waals surface area contributed by atoms with Crippen molar-refractivity contribution in [1.82, 2.24) is 9.88 Å². The van der Waals surface area contributed by atoms with Crippen LogP contribution < -0.4 is 14.2 Å². The molecule has 39 heavy (non-hydrogen) atoms. The molecule has 200 valence electrons. The van der Waals surface area contributed by atoms with Crippen molar-refractivity contribution in [3.63, 3.8) is 0 Å². The summed E-state index contributed by atoms with van der Waals surface area (Å²) in [6.07, 6.45) is 5.62. The number of Topliss-reactive ketones (excluding diaryl/α,β-unsaturated/α-hetero) is 1. The monoisotopic (exact) mass is 526 g/mol. The Balaban J connectivity index is 1.64. The predicted octanol–water partition coefficient (Wildman–Crippen LogP) is 4.99. The molecule has 0 bridgehead atoms. The van der Waals surface area contributed by atoms with E-state index >= 15 is 0 Å². The molecular weight excluding hydrogens is 496 g/mol. The average Bonchev–Trinajstić information content (AvgIpc) is 3.43. The molecule has 8 heteroatoms. The van der Waals surface area contributed by atoms with Crippen LogP contribution in [0.5, 0.6) is 17.2 Å². The summed E-state index contributed by atoms with van der Waals surface area (Å²) in [5.74, 6) is 0.0606. The largest absolute Gasteiger partial charge is 0.507 e. The number of aliphatic hydroxyl groups is 1. The highest BCUT2D eigenvalue weighted by atomic mass is 16.5. The number of ketones is 1. The number of carbonyl (C=O) groups excluding carboxylic acids is 2. The summed E-state index contributed by atoms with van der Waals surface area (Å²) in [5, 5.41) is 11.5. The van der Waals surface area contributed by atoms with Crippen LogP contribution in [0.4, 0.5) is 0 Å². The number of rotatable bonds is 9. The van der Waals surface area contributed by atoms with Crippen LogP contribution in [0.25, 0.3) is 5.76 Å². The van der Waals surface area contributed by atoms with Gasteiger partial charge in [-0.2, -0.15) is 0 Å². The first-order valence-electron chi connectivity index (χ1n) is 12.9. The molecule has 1 fully saturated rings. The molecule has 1 saturated heterocycles. The van der Waals surface area contributed by atoms with Crippen LogP contribution in [-0.2, 0) is 22.6 Å². The zero-order chi connectivity index (χ0) is 27.5. The van der Waals surface area contributed by atoms with E-state index in [0.29, 0.717) is 42.3 Å². The minimum Gasteiger partial charge on any atom is -0.507 e. The Bertz CT molecular complexity index is 1450. The van der Waals surface area contributed by atoms with Crippen LogP contribution in [-0.4, -0.2) is 46.0 Å². The lowest BCUT2D eigenvalue weighted by Crippen LogP contribution is -2.29. The number of aromatic nitrogens is 1. The Morgan fingerprint density at radius 2 is 1.92 bits per heavy atom. The number of hydrogen-bond acceptors (Lipinski definition) is 7. The van der Waals surface area contributed by atoms with E-state index in [1.54, 1.807) is 60.9 Å². The Morgan fingerprint density at radius 1 is 1.13 bits per heavy atom. The number of hydrogen-bond donors (Lipinski definition) is 1. The van der Waals surface area contributed by atoms with Crippen molar-refractivity contribution in [2.24, 2.45) is 0 Å². The molecule has 1 amide bonds. The molecule has 2 aliphatic heterocycles. The molecule has 2 atom stereocenters. The van der Waals surface area contributed by atoms with Gasteiger partial charge < -0.3 is 24.2 Å².